The minimum atomic E-state index is -2.49. The fourth-order valence-corrected chi connectivity index (χ4v) is 5.62. The molecule has 0 aliphatic carbocycles. The summed E-state index contributed by atoms with van der Waals surface area (Å²) in [5.74, 6) is -3.87. The molecule has 0 bridgehead atoms. The van der Waals surface area contributed by atoms with Gasteiger partial charge in [-0.3, -0.25) is 25.3 Å². The van der Waals surface area contributed by atoms with Crippen molar-refractivity contribution < 1.29 is 386 Å². The Morgan fingerprint density at radius 3 is 0.533 bits per heavy atom. The van der Waals surface area contributed by atoms with Crippen LogP contribution in [0.3, 0.4) is 0 Å². The topological polar surface area (TPSA) is 329 Å². The molecule has 36 heteroatoms. The molecule has 0 aromatic rings. The normalized spacial score (nSPS) is 16.0. The minimum Gasteiger partial charge on any atom is -0.771 e. The Bertz CT molecular complexity index is 719. The van der Waals surface area contributed by atoms with Crippen molar-refractivity contribution in [2.45, 2.75) is 0 Å². The zero-order valence-corrected chi connectivity index (χ0v) is 51.7. The molecule has 0 aromatic heterocycles. The molecule has 0 saturated heterocycles. The quantitative estimate of drug-likeness (QED) is 0.0699. The molecule has 0 heterocycles. The molecule has 0 spiro atoms. The largest absolute Gasteiger partial charge is 1.00 e. The van der Waals surface area contributed by atoms with Gasteiger partial charge in [0, 0.05) is 18.8 Å². The minimum absolute atomic E-state index is 0. The van der Waals surface area contributed by atoms with Crippen LogP contribution in [-0.2, 0) is 113 Å². The molecule has 0 aliphatic heterocycles. The fraction of sp³-hybridized carbons (Fsp3) is 1.00. The zero-order valence-electron chi connectivity index (χ0n) is 25.6. The van der Waals surface area contributed by atoms with Gasteiger partial charge in [0.2, 0.25) is 0 Å². The van der Waals surface area contributed by atoms with Gasteiger partial charge in [-0.05, 0) is 66.5 Å². The molecule has 0 rings (SSSR count). The molecular formula is C9H21K6N3O18S9. The van der Waals surface area contributed by atoms with E-state index in [1.807, 2.05) is 0 Å². The number of nitrogens with zero attached hydrogens (tertiary/aromatic N) is 3. The average Bonchev–Trinajstić information content (AvgIpc) is 2.63. The first-order chi connectivity index (χ1) is 17.7. The van der Waals surface area contributed by atoms with Crippen molar-refractivity contribution in [2.24, 2.45) is 0 Å². The van der Waals surface area contributed by atoms with Gasteiger partial charge in [-0.15, -0.1) is 0 Å². The Kier molecular flexibility index (Phi) is 86.3. The smallest absolute Gasteiger partial charge is 0.771 e. The molecule has 0 aromatic carbocycles. The zero-order chi connectivity index (χ0) is 31.3. The van der Waals surface area contributed by atoms with Crippen molar-refractivity contribution in [1.82, 2.24) is 15.2 Å². The van der Waals surface area contributed by atoms with Crippen LogP contribution in [0.4, 0.5) is 0 Å². The summed E-state index contributed by atoms with van der Waals surface area (Å²) < 4.78 is 166. The predicted molar refractivity (Wildman–Crippen MR) is 134 cm³/mol. The second kappa shape index (κ2) is 50.8. The van der Waals surface area contributed by atoms with E-state index in [-0.39, 0.29) is 308 Å². The summed E-state index contributed by atoms with van der Waals surface area (Å²) in [6.45, 7) is 0. The van der Waals surface area contributed by atoms with Gasteiger partial charge >= 0.3 is 308 Å². The van der Waals surface area contributed by atoms with Gasteiger partial charge in [-0.1, -0.05) is 0 Å². The molecule has 0 saturated carbocycles. The molecule has 9 atom stereocenters. The van der Waals surface area contributed by atoms with Crippen LogP contribution in [-0.4, -0.2) is 134 Å². The van der Waals surface area contributed by atoms with Crippen LogP contribution < -0.4 is 308 Å². The fourth-order valence-electron chi connectivity index (χ4n) is 1.39. The maximum Gasteiger partial charge on any atom is 1.00 e. The van der Waals surface area contributed by atoms with Crippen molar-refractivity contribution in [3.8, 4) is 0 Å². The maximum atomic E-state index is 10.5. The van der Waals surface area contributed by atoms with Crippen LogP contribution >= 0.6 is 0 Å². The van der Waals surface area contributed by atoms with Crippen molar-refractivity contribution in [2.75, 3.05) is 54.0 Å². The van der Waals surface area contributed by atoms with Crippen LogP contribution in [0.5, 0.6) is 0 Å². The third kappa shape index (κ3) is 69.6. The molecule has 0 amide bonds. The van der Waals surface area contributed by atoms with E-state index in [0.29, 0.717) is 15.2 Å². The first-order valence-electron chi connectivity index (χ1n) is 8.40. The molecule has 9 unspecified atom stereocenters. The first-order valence-corrected chi connectivity index (χ1v) is 20.3. The molecule has 21 nitrogen and oxygen atoms in total. The van der Waals surface area contributed by atoms with E-state index in [4.69, 9.17) is 0 Å². The number of hydrogen-bond donors (Lipinski definition) is 0. The Balaban J connectivity index is -0.0000000579. The Labute approximate surface area is 539 Å². The Morgan fingerprint density at radius 2 is 0.467 bits per heavy atom. The van der Waals surface area contributed by atoms with Crippen LogP contribution in [0.2, 0.25) is 0 Å². The number of hydrogen-bond acceptors (Lipinski definition) is 21. The monoisotopic (exact) mass is 981 g/mol. The second-order valence-electron chi connectivity index (χ2n) is 5.47. The summed E-state index contributed by atoms with van der Waals surface area (Å²) in [7, 11) is 0. The van der Waals surface area contributed by atoms with Crippen molar-refractivity contribution >= 4 is 99.7 Å². The third-order valence-corrected chi connectivity index (χ3v) is 6.38. The predicted octanol–water partition coefficient (Wildman–Crippen LogP) is -23.4. The van der Waals surface area contributed by atoms with Crippen LogP contribution in [0.25, 0.3) is 0 Å². The van der Waals surface area contributed by atoms with Crippen LogP contribution in [0, 0.1) is 0 Å². The summed E-state index contributed by atoms with van der Waals surface area (Å²) in [6.07, 6.45) is 3.44. The van der Waals surface area contributed by atoms with Gasteiger partial charge in [-0.25, -0.2) is 12.6 Å². The Hall–Kier alpha value is 10.7. The molecule has 45 heavy (non-hydrogen) atoms. The van der Waals surface area contributed by atoms with Gasteiger partial charge in [0.1, 0.15) is 0 Å². The van der Waals surface area contributed by atoms with E-state index in [2.05, 4.69) is 12.9 Å². The standard InChI is InChI=1S/3C3H9NO6S3.6K/c3*1-11(5)10-4(2-12(6)7)3-13(8)9;;;;;;/h3*2-3H2,1H3,(H,6,7)(H,8,9);;;;;;/q;;;6*+1/p-6. The SMILES string of the molecule is CS(=O)ON(CS(=O)[O-])CS(=O)[O-].CS(=O)ON(CS(=O)[O-])CS(=O)[O-].CS(=O)ON(CS(=O)[O-])CS(=O)[O-].[K+].[K+].[K+].[K+].[K+].[K+]. The molecule has 0 N–H and O–H groups in total. The van der Waals surface area contributed by atoms with Crippen LogP contribution in [0.15, 0.2) is 0 Å². The van der Waals surface area contributed by atoms with Crippen molar-refractivity contribution in [3.05, 3.63) is 0 Å². The van der Waals surface area contributed by atoms with E-state index in [9.17, 15) is 65.2 Å². The van der Waals surface area contributed by atoms with Gasteiger partial charge in [-0.2, -0.15) is 28.0 Å². The summed E-state index contributed by atoms with van der Waals surface area (Å²) in [6, 6.07) is 0. The van der Waals surface area contributed by atoms with Gasteiger partial charge in [0.15, 0.2) is 33.2 Å². The van der Waals surface area contributed by atoms with Gasteiger partial charge in [0.05, 0.1) is 35.3 Å². The number of rotatable bonds is 18. The average molecular weight is 982 g/mol. The van der Waals surface area contributed by atoms with E-state index in [0.717, 1.165) is 18.8 Å². The molecule has 0 aliphatic rings. The molecule has 240 valence electrons. The molecular weight excluding hydrogens is 961 g/mol. The molecule has 0 fully saturated rings. The van der Waals surface area contributed by atoms with E-state index < -0.39 is 135 Å². The summed E-state index contributed by atoms with van der Waals surface area (Å²) in [5, 5.41) is 1.72. The molecule has 0 radical (unpaired) electrons. The first kappa shape index (κ1) is 76.4. The van der Waals surface area contributed by atoms with E-state index >= 15 is 0 Å². The van der Waals surface area contributed by atoms with Crippen molar-refractivity contribution in [3.63, 3.8) is 0 Å². The van der Waals surface area contributed by atoms with Gasteiger partial charge in [0.25, 0.3) is 0 Å². The third-order valence-electron chi connectivity index (χ3n) is 2.13. The second-order valence-corrected chi connectivity index (χ2v) is 13.5. The maximum absolute atomic E-state index is 10.5. The number of hydroxylamine groups is 6. The van der Waals surface area contributed by atoms with Crippen LogP contribution in [0.1, 0.15) is 0 Å². The van der Waals surface area contributed by atoms with Crippen molar-refractivity contribution in [1.29, 1.82) is 0 Å². The Morgan fingerprint density at radius 1 is 0.356 bits per heavy atom. The van der Waals surface area contributed by atoms with E-state index in [1.165, 1.54) is 0 Å². The van der Waals surface area contributed by atoms with Gasteiger partial charge < -0.3 is 27.3 Å². The summed E-state index contributed by atoms with van der Waals surface area (Å²) in [5.41, 5.74) is 0. The summed E-state index contributed by atoms with van der Waals surface area (Å²) in [4.78, 5) is 0. The van der Waals surface area contributed by atoms with E-state index in [1.54, 1.807) is 0 Å². The summed E-state index contributed by atoms with van der Waals surface area (Å²) >= 11 is -20.2.